The van der Waals surface area contributed by atoms with Crippen molar-refractivity contribution in [1.82, 2.24) is 10.2 Å². The largest absolute Gasteiger partial charge is 0.396 e. The molecule has 0 aliphatic carbocycles. The highest BCUT2D eigenvalue weighted by atomic mass is 16.2. The van der Waals surface area contributed by atoms with Gasteiger partial charge < -0.3 is 15.3 Å². The fourth-order valence-electron chi connectivity index (χ4n) is 2.82. The summed E-state index contributed by atoms with van der Waals surface area (Å²) in [6, 6.07) is 7.22. The highest BCUT2D eigenvalue weighted by Gasteiger charge is 2.11. The number of rotatable bonds is 10. The summed E-state index contributed by atoms with van der Waals surface area (Å²) in [5, 5.41) is 12.2. The Labute approximate surface area is 130 Å². The predicted octanol–water partition coefficient (Wildman–Crippen LogP) is 3.05. The van der Waals surface area contributed by atoms with Crippen molar-refractivity contribution >= 4 is 0 Å². The molecule has 1 rings (SSSR count). The molecule has 3 nitrogen and oxygen atoms in total. The lowest BCUT2D eigenvalue weighted by molar-refractivity contribution is 0.269. The van der Waals surface area contributed by atoms with Gasteiger partial charge in [0.2, 0.25) is 0 Å². The van der Waals surface area contributed by atoms with E-state index in [1.807, 2.05) is 7.05 Å². The van der Waals surface area contributed by atoms with Gasteiger partial charge in [0, 0.05) is 12.6 Å². The SMILES string of the molecule is CNC(CCN(C)CCCCCO)c1cc(C)cc(C)c1. The minimum Gasteiger partial charge on any atom is -0.396 e. The lowest BCUT2D eigenvalue weighted by Gasteiger charge is -2.22. The van der Waals surface area contributed by atoms with E-state index in [1.54, 1.807) is 0 Å². The van der Waals surface area contributed by atoms with Gasteiger partial charge in [0.25, 0.3) is 0 Å². The van der Waals surface area contributed by atoms with Gasteiger partial charge in [-0.25, -0.2) is 0 Å². The van der Waals surface area contributed by atoms with Crippen molar-refractivity contribution in [2.75, 3.05) is 33.8 Å². The molecule has 0 aliphatic heterocycles. The second-order valence-electron chi connectivity index (χ2n) is 6.14. The molecule has 3 heteroatoms. The zero-order valence-electron chi connectivity index (χ0n) is 14.2. The van der Waals surface area contributed by atoms with Crippen LogP contribution in [0, 0.1) is 13.8 Å². The van der Waals surface area contributed by atoms with E-state index in [9.17, 15) is 0 Å². The average molecular weight is 292 g/mol. The third kappa shape index (κ3) is 7.07. The maximum absolute atomic E-state index is 8.79. The minimum absolute atomic E-state index is 0.318. The molecule has 120 valence electrons. The average Bonchev–Trinajstić information content (AvgIpc) is 2.43. The molecule has 0 spiro atoms. The van der Waals surface area contributed by atoms with Crippen molar-refractivity contribution in [2.45, 2.75) is 45.6 Å². The second kappa shape index (κ2) is 9.93. The Bertz CT molecular complexity index is 386. The number of nitrogens with one attached hydrogen (secondary N) is 1. The first-order chi connectivity index (χ1) is 10.1. The molecule has 0 saturated carbocycles. The molecule has 0 amide bonds. The van der Waals surface area contributed by atoms with Crippen LogP contribution in [-0.4, -0.2) is 43.8 Å². The monoisotopic (exact) mass is 292 g/mol. The van der Waals surface area contributed by atoms with Gasteiger partial charge in [0.15, 0.2) is 0 Å². The first kappa shape index (κ1) is 18.1. The molecule has 0 saturated heterocycles. The Morgan fingerprint density at radius 1 is 1.05 bits per heavy atom. The van der Waals surface area contributed by atoms with E-state index in [0.717, 1.165) is 32.4 Å². The van der Waals surface area contributed by atoms with Gasteiger partial charge in [-0.3, -0.25) is 0 Å². The second-order valence-corrected chi connectivity index (χ2v) is 6.14. The predicted molar refractivity (Wildman–Crippen MR) is 90.8 cm³/mol. The standard InChI is InChI=1S/C18H32N2O/c1-15-12-16(2)14-17(13-15)18(19-3)8-10-20(4)9-6-5-7-11-21/h12-14,18-19,21H,5-11H2,1-4H3. The fourth-order valence-corrected chi connectivity index (χ4v) is 2.82. The van der Waals surface area contributed by atoms with Gasteiger partial charge in [0.1, 0.15) is 0 Å². The summed E-state index contributed by atoms with van der Waals surface area (Å²) in [6.45, 7) is 6.85. The van der Waals surface area contributed by atoms with Crippen molar-refractivity contribution in [1.29, 1.82) is 0 Å². The molecule has 0 heterocycles. The van der Waals surface area contributed by atoms with E-state index in [1.165, 1.54) is 23.1 Å². The van der Waals surface area contributed by atoms with Crippen molar-refractivity contribution in [3.8, 4) is 0 Å². The third-order valence-corrected chi connectivity index (χ3v) is 3.99. The van der Waals surface area contributed by atoms with E-state index in [2.05, 4.69) is 49.3 Å². The molecule has 21 heavy (non-hydrogen) atoms. The van der Waals surface area contributed by atoms with E-state index in [-0.39, 0.29) is 0 Å². The summed E-state index contributed by atoms with van der Waals surface area (Å²) in [4.78, 5) is 2.39. The van der Waals surface area contributed by atoms with Crippen molar-refractivity contribution in [2.24, 2.45) is 0 Å². The molecule has 1 aromatic rings. The van der Waals surface area contributed by atoms with Crippen LogP contribution in [0.1, 0.15) is 48.4 Å². The minimum atomic E-state index is 0.318. The van der Waals surface area contributed by atoms with E-state index < -0.39 is 0 Å². The molecule has 0 aromatic heterocycles. The first-order valence-electron chi connectivity index (χ1n) is 8.11. The van der Waals surface area contributed by atoms with Gasteiger partial charge in [-0.05, 0) is 72.3 Å². The highest BCUT2D eigenvalue weighted by Crippen LogP contribution is 2.20. The summed E-state index contributed by atoms with van der Waals surface area (Å²) < 4.78 is 0. The lowest BCUT2D eigenvalue weighted by Crippen LogP contribution is -2.26. The first-order valence-corrected chi connectivity index (χ1v) is 8.11. The normalized spacial score (nSPS) is 12.9. The summed E-state index contributed by atoms with van der Waals surface area (Å²) in [5.74, 6) is 0. The van der Waals surface area contributed by atoms with Crippen LogP contribution in [0.15, 0.2) is 18.2 Å². The van der Waals surface area contributed by atoms with Gasteiger partial charge in [-0.2, -0.15) is 0 Å². The van der Waals surface area contributed by atoms with Crippen LogP contribution in [0.25, 0.3) is 0 Å². The summed E-state index contributed by atoms with van der Waals surface area (Å²) in [7, 11) is 4.23. The summed E-state index contributed by atoms with van der Waals surface area (Å²) >= 11 is 0. The summed E-state index contributed by atoms with van der Waals surface area (Å²) in [6.07, 6.45) is 4.34. The number of aryl methyl sites for hydroxylation is 2. The number of benzene rings is 1. The van der Waals surface area contributed by atoms with Crippen LogP contribution in [0.5, 0.6) is 0 Å². The maximum Gasteiger partial charge on any atom is 0.0431 e. The van der Waals surface area contributed by atoms with Gasteiger partial charge in [-0.15, -0.1) is 0 Å². The Kier molecular flexibility index (Phi) is 8.58. The van der Waals surface area contributed by atoms with Crippen molar-refractivity contribution < 1.29 is 5.11 Å². The molecule has 1 atom stereocenters. The molecule has 0 bridgehead atoms. The summed E-state index contributed by atoms with van der Waals surface area (Å²) in [5.41, 5.74) is 4.06. The van der Waals surface area contributed by atoms with Crippen LogP contribution in [0.4, 0.5) is 0 Å². The number of nitrogens with zero attached hydrogens (tertiary/aromatic N) is 1. The molecule has 0 radical (unpaired) electrons. The Hall–Kier alpha value is -0.900. The molecular weight excluding hydrogens is 260 g/mol. The number of aliphatic hydroxyl groups excluding tert-OH is 1. The van der Waals surface area contributed by atoms with E-state index >= 15 is 0 Å². The third-order valence-electron chi connectivity index (χ3n) is 3.99. The highest BCUT2D eigenvalue weighted by molar-refractivity contribution is 5.30. The lowest BCUT2D eigenvalue weighted by atomic mass is 9.99. The Morgan fingerprint density at radius 3 is 2.29 bits per heavy atom. The number of hydrogen-bond acceptors (Lipinski definition) is 3. The Morgan fingerprint density at radius 2 is 1.71 bits per heavy atom. The van der Waals surface area contributed by atoms with Crippen LogP contribution >= 0.6 is 0 Å². The van der Waals surface area contributed by atoms with Gasteiger partial charge >= 0.3 is 0 Å². The molecule has 1 unspecified atom stereocenters. The number of unbranched alkanes of at least 4 members (excludes halogenated alkanes) is 2. The van der Waals surface area contributed by atoms with Crippen LogP contribution < -0.4 is 5.32 Å². The zero-order chi connectivity index (χ0) is 15.7. The Balaban J connectivity index is 2.43. The van der Waals surface area contributed by atoms with Crippen molar-refractivity contribution in [3.05, 3.63) is 34.9 Å². The van der Waals surface area contributed by atoms with Crippen molar-refractivity contribution in [3.63, 3.8) is 0 Å². The van der Waals surface area contributed by atoms with Gasteiger partial charge in [0.05, 0.1) is 0 Å². The smallest absolute Gasteiger partial charge is 0.0431 e. The van der Waals surface area contributed by atoms with Crippen LogP contribution in [0.2, 0.25) is 0 Å². The van der Waals surface area contributed by atoms with E-state index in [0.29, 0.717) is 12.6 Å². The van der Waals surface area contributed by atoms with Crippen LogP contribution in [-0.2, 0) is 0 Å². The molecular formula is C18H32N2O. The molecule has 1 aromatic carbocycles. The zero-order valence-corrected chi connectivity index (χ0v) is 14.2. The fraction of sp³-hybridized carbons (Fsp3) is 0.667. The molecule has 0 aliphatic rings. The van der Waals surface area contributed by atoms with Crippen LogP contribution in [0.3, 0.4) is 0 Å². The maximum atomic E-state index is 8.79. The number of aliphatic hydroxyl groups is 1. The molecule has 2 N–H and O–H groups in total. The topological polar surface area (TPSA) is 35.5 Å². The van der Waals surface area contributed by atoms with E-state index in [4.69, 9.17) is 5.11 Å². The quantitative estimate of drug-likeness (QED) is 0.651. The molecule has 0 fully saturated rings. The number of hydrogen-bond donors (Lipinski definition) is 2. The van der Waals surface area contributed by atoms with Gasteiger partial charge in [-0.1, -0.05) is 29.3 Å².